The van der Waals surface area contributed by atoms with Gasteiger partial charge in [0.2, 0.25) is 0 Å². The Morgan fingerprint density at radius 3 is 1.60 bits per heavy atom. The van der Waals surface area contributed by atoms with Gasteiger partial charge in [-0.3, -0.25) is 0 Å². The molecule has 58 heavy (non-hydrogen) atoms. The Labute approximate surface area is 335 Å². The molecular formula is C55H35N3. The van der Waals surface area contributed by atoms with Crippen LogP contribution in [0.4, 0.5) is 17.1 Å². The second-order valence-electron chi connectivity index (χ2n) is 15.7. The van der Waals surface area contributed by atoms with Gasteiger partial charge in [0.1, 0.15) is 0 Å². The maximum absolute atomic E-state index is 2.55. The molecule has 2 aliphatic rings. The van der Waals surface area contributed by atoms with Crippen LogP contribution in [0.15, 0.2) is 212 Å². The minimum atomic E-state index is -0.488. The average Bonchev–Trinajstić information content (AvgIpc) is 3.91. The molecule has 0 fully saturated rings. The summed E-state index contributed by atoms with van der Waals surface area (Å²) in [5.74, 6) is 0. The first-order valence-corrected chi connectivity index (χ1v) is 20.1. The van der Waals surface area contributed by atoms with Crippen molar-refractivity contribution in [3.8, 4) is 22.5 Å². The van der Waals surface area contributed by atoms with Crippen molar-refractivity contribution >= 4 is 60.7 Å². The molecule has 13 rings (SSSR count). The molecule has 0 radical (unpaired) electrons. The molecule has 2 aromatic heterocycles. The molecule has 3 nitrogen and oxygen atoms in total. The first-order chi connectivity index (χ1) is 28.8. The zero-order valence-corrected chi connectivity index (χ0v) is 31.5. The molecular weight excluding hydrogens is 703 g/mol. The highest BCUT2D eigenvalue weighted by molar-refractivity contribution is 6.13. The van der Waals surface area contributed by atoms with Crippen molar-refractivity contribution in [2.45, 2.75) is 5.41 Å². The fourth-order valence-corrected chi connectivity index (χ4v) is 10.7. The highest BCUT2D eigenvalue weighted by atomic mass is 15.1. The fourth-order valence-electron chi connectivity index (χ4n) is 10.7. The fraction of sp³-hybridized carbons (Fsp3) is 0.0182. The van der Waals surface area contributed by atoms with Gasteiger partial charge in [-0.25, -0.2) is 0 Å². The van der Waals surface area contributed by atoms with E-state index in [1.807, 2.05) is 0 Å². The van der Waals surface area contributed by atoms with Crippen molar-refractivity contribution in [3.63, 3.8) is 0 Å². The number of nitrogens with zero attached hydrogens (tertiary/aromatic N) is 3. The van der Waals surface area contributed by atoms with Crippen molar-refractivity contribution in [1.82, 2.24) is 9.13 Å². The average molecular weight is 738 g/mol. The topological polar surface area (TPSA) is 13.1 Å². The van der Waals surface area contributed by atoms with Gasteiger partial charge < -0.3 is 14.0 Å². The zero-order chi connectivity index (χ0) is 38.0. The number of hydrogen-bond donors (Lipinski definition) is 0. The summed E-state index contributed by atoms with van der Waals surface area (Å²) in [5, 5.41) is 5.04. The molecule has 270 valence electrons. The van der Waals surface area contributed by atoms with Crippen LogP contribution in [0.1, 0.15) is 22.3 Å². The van der Waals surface area contributed by atoms with Gasteiger partial charge in [0, 0.05) is 44.3 Å². The van der Waals surface area contributed by atoms with Crippen LogP contribution in [0.25, 0.3) is 66.1 Å². The summed E-state index contributed by atoms with van der Waals surface area (Å²) in [6.07, 6.45) is 0. The molecule has 0 N–H and O–H groups in total. The lowest BCUT2D eigenvalue weighted by Gasteiger charge is -2.40. The number of anilines is 3. The van der Waals surface area contributed by atoms with Crippen LogP contribution >= 0.6 is 0 Å². The predicted octanol–water partition coefficient (Wildman–Crippen LogP) is 14.0. The summed E-state index contributed by atoms with van der Waals surface area (Å²) in [5.41, 5.74) is 18.0. The third-order valence-electron chi connectivity index (χ3n) is 12.9. The molecule has 0 atom stereocenters. The second-order valence-corrected chi connectivity index (χ2v) is 15.7. The van der Waals surface area contributed by atoms with E-state index in [1.54, 1.807) is 0 Å². The summed E-state index contributed by atoms with van der Waals surface area (Å²) in [7, 11) is 0. The Hall–Kier alpha value is -7.62. The van der Waals surface area contributed by atoms with E-state index in [4.69, 9.17) is 0 Å². The molecule has 1 aliphatic heterocycles. The summed E-state index contributed by atoms with van der Waals surface area (Å²) >= 11 is 0. The highest BCUT2D eigenvalue weighted by Gasteiger charge is 2.50. The molecule has 1 aliphatic carbocycles. The minimum absolute atomic E-state index is 0.488. The maximum atomic E-state index is 2.55. The van der Waals surface area contributed by atoms with Crippen molar-refractivity contribution in [3.05, 3.63) is 235 Å². The third-order valence-corrected chi connectivity index (χ3v) is 12.9. The second kappa shape index (κ2) is 11.7. The van der Waals surface area contributed by atoms with Gasteiger partial charge in [-0.15, -0.1) is 0 Å². The van der Waals surface area contributed by atoms with Gasteiger partial charge in [-0.1, -0.05) is 152 Å². The lowest BCUT2D eigenvalue weighted by atomic mass is 9.65. The van der Waals surface area contributed by atoms with Crippen LogP contribution in [0.3, 0.4) is 0 Å². The van der Waals surface area contributed by atoms with E-state index in [0.717, 1.165) is 22.7 Å². The first-order valence-electron chi connectivity index (χ1n) is 20.1. The monoisotopic (exact) mass is 737 g/mol. The maximum Gasteiger partial charge on any atom is 0.0754 e. The minimum Gasteiger partial charge on any atom is -0.310 e. The van der Waals surface area contributed by atoms with Gasteiger partial charge in [-0.05, 0) is 94.0 Å². The highest BCUT2D eigenvalue weighted by Crippen LogP contribution is 2.61. The molecule has 3 heterocycles. The lowest BCUT2D eigenvalue weighted by Crippen LogP contribution is -2.33. The summed E-state index contributed by atoms with van der Waals surface area (Å²) in [4.78, 5) is 2.43. The quantitative estimate of drug-likeness (QED) is 0.175. The molecule has 1 spiro atoms. The molecule has 0 saturated heterocycles. The van der Waals surface area contributed by atoms with Gasteiger partial charge in [0.05, 0.1) is 33.2 Å². The van der Waals surface area contributed by atoms with Crippen molar-refractivity contribution in [2.24, 2.45) is 0 Å². The van der Waals surface area contributed by atoms with Crippen LogP contribution in [0.2, 0.25) is 0 Å². The zero-order valence-electron chi connectivity index (χ0n) is 31.5. The Morgan fingerprint density at radius 1 is 0.328 bits per heavy atom. The van der Waals surface area contributed by atoms with E-state index in [2.05, 4.69) is 226 Å². The lowest BCUT2D eigenvalue weighted by molar-refractivity contribution is 0.748. The van der Waals surface area contributed by atoms with Crippen molar-refractivity contribution in [1.29, 1.82) is 0 Å². The molecule has 9 aromatic carbocycles. The van der Waals surface area contributed by atoms with Crippen LogP contribution in [0.5, 0.6) is 0 Å². The smallest absolute Gasteiger partial charge is 0.0754 e. The van der Waals surface area contributed by atoms with Crippen molar-refractivity contribution < 1.29 is 0 Å². The van der Waals surface area contributed by atoms with E-state index in [-0.39, 0.29) is 0 Å². The molecule has 0 bridgehead atoms. The Morgan fingerprint density at radius 2 is 0.862 bits per heavy atom. The van der Waals surface area contributed by atoms with Gasteiger partial charge >= 0.3 is 0 Å². The van der Waals surface area contributed by atoms with E-state index in [0.29, 0.717) is 0 Å². The van der Waals surface area contributed by atoms with Crippen LogP contribution in [-0.4, -0.2) is 9.13 Å². The van der Waals surface area contributed by atoms with E-state index >= 15 is 0 Å². The summed E-state index contributed by atoms with van der Waals surface area (Å²) in [6.45, 7) is 0. The number of para-hydroxylation sites is 5. The number of hydrogen-bond acceptors (Lipinski definition) is 1. The van der Waals surface area contributed by atoms with Gasteiger partial charge in [0.25, 0.3) is 0 Å². The normalized spacial score (nSPS) is 13.3. The van der Waals surface area contributed by atoms with Crippen LogP contribution in [-0.2, 0) is 5.41 Å². The summed E-state index contributed by atoms with van der Waals surface area (Å²) in [6, 6.07) is 78.5. The summed E-state index contributed by atoms with van der Waals surface area (Å²) < 4.78 is 4.95. The predicted molar refractivity (Wildman–Crippen MR) is 241 cm³/mol. The Bertz CT molecular complexity index is 3420. The number of fused-ring (bicyclic) bond motifs is 15. The first kappa shape index (κ1) is 31.6. The van der Waals surface area contributed by atoms with E-state index in [9.17, 15) is 0 Å². The SMILES string of the molecule is c1ccc(N(c2ccc3c(c2)-n2c4ccccc4c4cccc(c42)C32c3ccccc3-c3ccccc32)c2ccc3c4ccccc4n(-c4ccccc4)c3c2)cc1. The molecule has 0 unspecified atom stereocenters. The molecule has 11 aromatic rings. The molecule has 0 amide bonds. The number of benzene rings is 9. The van der Waals surface area contributed by atoms with E-state index < -0.39 is 5.41 Å². The van der Waals surface area contributed by atoms with Crippen LogP contribution in [0, 0.1) is 0 Å². The third kappa shape index (κ3) is 4.02. The largest absolute Gasteiger partial charge is 0.310 e. The number of aromatic nitrogens is 2. The van der Waals surface area contributed by atoms with Crippen LogP contribution < -0.4 is 4.90 Å². The standard InChI is InChI=1S/C55H35N3/c1-3-16-36(17-4-1)56(38-30-32-44-42-22-9-13-28-50(42)57(52(44)34-38)37-18-5-2-6-19-37)39-31-33-48-53(35-39)58-51-29-14-10-23-43(51)45-24-15-27-49(54(45)58)55(48)46-25-11-7-20-40(46)41-21-8-12-26-47(41)55/h1-35H. The Balaban J connectivity index is 1.13. The van der Waals surface area contributed by atoms with E-state index in [1.165, 1.54) is 82.7 Å². The van der Waals surface area contributed by atoms with Gasteiger partial charge in [-0.2, -0.15) is 0 Å². The molecule has 0 saturated carbocycles. The molecule has 3 heteroatoms. The number of rotatable bonds is 4. The van der Waals surface area contributed by atoms with Gasteiger partial charge in [0.15, 0.2) is 0 Å². The van der Waals surface area contributed by atoms with Crippen molar-refractivity contribution in [2.75, 3.05) is 4.90 Å². The Kier molecular flexibility index (Phi) is 6.37.